The van der Waals surface area contributed by atoms with Crippen LogP contribution in [0.4, 0.5) is 0 Å². The molecular formula is C13H24N2O3. The molecule has 0 unspecified atom stereocenters. The molecule has 5 nitrogen and oxygen atoms in total. The van der Waals surface area contributed by atoms with Gasteiger partial charge in [0, 0.05) is 12.0 Å². The molecule has 104 valence electrons. The van der Waals surface area contributed by atoms with Crippen LogP contribution in [0.15, 0.2) is 0 Å². The van der Waals surface area contributed by atoms with Crippen molar-refractivity contribution in [2.75, 3.05) is 13.1 Å². The van der Waals surface area contributed by atoms with Gasteiger partial charge >= 0.3 is 0 Å². The van der Waals surface area contributed by atoms with Crippen LogP contribution in [-0.4, -0.2) is 35.6 Å². The molecule has 0 heterocycles. The Kier molecular flexibility index (Phi) is 4.73. The minimum absolute atomic E-state index is 0.0355. The molecule has 5 heteroatoms. The van der Waals surface area contributed by atoms with Gasteiger partial charge < -0.3 is 15.7 Å². The lowest BCUT2D eigenvalue weighted by molar-refractivity contribution is -0.131. The second-order valence-corrected chi connectivity index (χ2v) is 6.14. The second-order valence-electron chi connectivity index (χ2n) is 6.14. The maximum atomic E-state index is 11.6. The van der Waals surface area contributed by atoms with Crippen LogP contribution in [0.1, 0.15) is 46.5 Å². The number of carbonyl (C=O) groups excluding carboxylic acids is 2. The van der Waals surface area contributed by atoms with Crippen molar-refractivity contribution < 1.29 is 14.7 Å². The number of hydrogen-bond acceptors (Lipinski definition) is 3. The molecule has 2 amide bonds. The van der Waals surface area contributed by atoms with Crippen molar-refractivity contribution in [1.29, 1.82) is 0 Å². The van der Waals surface area contributed by atoms with E-state index in [1.165, 1.54) is 0 Å². The third-order valence-corrected chi connectivity index (χ3v) is 3.24. The van der Waals surface area contributed by atoms with E-state index < -0.39 is 11.0 Å². The van der Waals surface area contributed by atoms with Crippen LogP contribution < -0.4 is 10.6 Å². The molecule has 0 spiro atoms. The number of aliphatic hydroxyl groups is 1. The first-order valence-electron chi connectivity index (χ1n) is 6.50. The molecule has 0 aromatic carbocycles. The molecule has 1 fully saturated rings. The van der Waals surface area contributed by atoms with Gasteiger partial charge in [-0.25, -0.2) is 0 Å². The van der Waals surface area contributed by atoms with E-state index in [1.54, 1.807) is 20.8 Å². The van der Waals surface area contributed by atoms with Crippen molar-refractivity contribution in [3.05, 3.63) is 0 Å². The van der Waals surface area contributed by atoms with Gasteiger partial charge in [0.25, 0.3) is 0 Å². The van der Waals surface area contributed by atoms with E-state index in [9.17, 15) is 14.7 Å². The summed E-state index contributed by atoms with van der Waals surface area (Å²) < 4.78 is 0. The number of carbonyl (C=O) groups is 2. The van der Waals surface area contributed by atoms with E-state index in [-0.39, 0.29) is 24.9 Å². The summed E-state index contributed by atoms with van der Waals surface area (Å²) in [6.45, 7) is 5.62. The van der Waals surface area contributed by atoms with Gasteiger partial charge in [0.2, 0.25) is 11.8 Å². The second kappa shape index (κ2) is 5.69. The third-order valence-electron chi connectivity index (χ3n) is 3.24. The molecule has 0 atom stereocenters. The zero-order valence-corrected chi connectivity index (χ0v) is 11.5. The van der Waals surface area contributed by atoms with E-state index in [0.717, 1.165) is 25.7 Å². The standard InChI is InChI=1S/C13H24N2O3/c1-12(2,3)11(17)14-8-10(16)15-9-13(18)6-4-5-7-13/h18H,4-9H2,1-3H3,(H,14,17)(H,15,16). The lowest BCUT2D eigenvalue weighted by atomic mass is 9.96. The van der Waals surface area contributed by atoms with Crippen molar-refractivity contribution >= 4 is 11.8 Å². The van der Waals surface area contributed by atoms with Crippen LogP contribution in [0.2, 0.25) is 0 Å². The molecule has 1 aliphatic rings. The quantitative estimate of drug-likeness (QED) is 0.688. The average Bonchev–Trinajstić information content (AvgIpc) is 2.69. The molecule has 3 N–H and O–H groups in total. The van der Waals surface area contributed by atoms with Crippen LogP contribution in [0.3, 0.4) is 0 Å². The Bertz CT molecular complexity index is 315. The highest BCUT2D eigenvalue weighted by atomic mass is 16.3. The summed E-state index contributed by atoms with van der Waals surface area (Å²) in [4.78, 5) is 23.1. The fraction of sp³-hybridized carbons (Fsp3) is 0.846. The molecule has 0 aromatic heterocycles. The normalized spacial score (nSPS) is 18.4. The maximum Gasteiger partial charge on any atom is 0.239 e. The van der Waals surface area contributed by atoms with Crippen molar-refractivity contribution in [3.8, 4) is 0 Å². The Hall–Kier alpha value is -1.10. The van der Waals surface area contributed by atoms with Crippen LogP contribution in [0.5, 0.6) is 0 Å². The van der Waals surface area contributed by atoms with Gasteiger partial charge in [0.05, 0.1) is 12.1 Å². The van der Waals surface area contributed by atoms with Gasteiger partial charge in [-0.15, -0.1) is 0 Å². The van der Waals surface area contributed by atoms with Gasteiger partial charge in [-0.05, 0) is 12.8 Å². The lowest BCUT2D eigenvalue weighted by Crippen LogP contribution is -2.46. The first-order chi connectivity index (χ1) is 8.23. The molecular weight excluding hydrogens is 232 g/mol. The summed E-state index contributed by atoms with van der Waals surface area (Å²) in [6, 6.07) is 0. The molecule has 0 aromatic rings. The Labute approximate surface area is 108 Å². The van der Waals surface area contributed by atoms with E-state index in [0.29, 0.717) is 0 Å². The molecule has 18 heavy (non-hydrogen) atoms. The number of nitrogens with one attached hydrogen (secondary N) is 2. The number of amides is 2. The monoisotopic (exact) mass is 256 g/mol. The molecule has 1 aliphatic carbocycles. The van der Waals surface area contributed by atoms with Crippen LogP contribution in [0, 0.1) is 5.41 Å². The van der Waals surface area contributed by atoms with Crippen LogP contribution in [0.25, 0.3) is 0 Å². The van der Waals surface area contributed by atoms with Gasteiger partial charge in [-0.2, -0.15) is 0 Å². The number of hydrogen-bond donors (Lipinski definition) is 3. The van der Waals surface area contributed by atoms with E-state index in [1.807, 2.05) is 0 Å². The molecule has 0 radical (unpaired) electrons. The third kappa shape index (κ3) is 4.64. The Morgan fingerprint density at radius 1 is 1.17 bits per heavy atom. The minimum Gasteiger partial charge on any atom is -0.388 e. The van der Waals surface area contributed by atoms with Gasteiger partial charge in [-0.3, -0.25) is 9.59 Å². The highest BCUT2D eigenvalue weighted by Gasteiger charge is 2.31. The Morgan fingerprint density at radius 2 is 1.72 bits per heavy atom. The van der Waals surface area contributed by atoms with Crippen LogP contribution in [-0.2, 0) is 9.59 Å². The SMILES string of the molecule is CC(C)(C)C(=O)NCC(=O)NCC1(O)CCCC1. The van der Waals surface area contributed by atoms with Crippen molar-refractivity contribution in [1.82, 2.24) is 10.6 Å². The summed E-state index contributed by atoms with van der Waals surface area (Å²) >= 11 is 0. The minimum atomic E-state index is -0.746. The predicted molar refractivity (Wildman–Crippen MR) is 68.9 cm³/mol. The highest BCUT2D eigenvalue weighted by Crippen LogP contribution is 2.28. The summed E-state index contributed by atoms with van der Waals surface area (Å²) in [7, 11) is 0. The van der Waals surface area contributed by atoms with E-state index in [2.05, 4.69) is 10.6 Å². The predicted octanol–water partition coefficient (Wildman–Crippen LogP) is 0.570. The summed E-state index contributed by atoms with van der Waals surface area (Å²) in [6.07, 6.45) is 3.49. The van der Waals surface area contributed by atoms with E-state index in [4.69, 9.17) is 0 Å². The molecule has 1 saturated carbocycles. The highest BCUT2D eigenvalue weighted by molar-refractivity contribution is 5.87. The maximum absolute atomic E-state index is 11.6. The average molecular weight is 256 g/mol. The summed E-state index contributed by atoms with van der Waals surface area (Å²) in [5.41, 5.74) is -1.24. The Morgan fingerprint density at radius 3 is 2.22 bits per heavy atom. The molecule has 0 saturated heterocycles. The van der Waals surface area contributed by atoms with Crippen molar-refractivity contribution in [2.45, 2.75) is 52.1 Å². The van der Waals surface area contributed by atoms with E-state index >= 15 is 0 Å². The molecule has 0 bridgehead atoms. The topological polar surface area (TPSA) is 78.4 Å². The fourth-order valence-electron chi connectivity index (χ4n) is 1.96. The smallest absolute Gasteiger partial charge is 0.239 e. The van der Waals surface area contributed by atoms with Gasteiger partial charge in [-0.1, -0.05) is 33.6 Å². The first-order valence-corrected chi connectivity index (χ1v) is 6.50. The first kappa shape index (κ1) is 15.0. The zero-order valence-electron chi connectivity index (χ0n) is 11.5. The van der Waals surface area contributed by atoms with Crippen molar-refractivity contribution in [2.24, 2.45) is 5.41 Å². The lowest BCUT2D eigenvalue weighted by Gasteiger charge is -2.23. The largest absolute Gasteiger partial charge is 0.388 e. The van der Waals surface area contributed by atoms with Crippen LogP contribution >= 0.6 is 0 Å². The molecule has 1 rings (SSSR count). The van der Waals surface area contributed by atoms with Crippen molar-refractivity contribution in [3.63, 3.8) is 0 Å². The summed E-state index contributed by atoms with van der Waals surface area (Å²) in [5, 5.41) is 15.3. The summed E-state index contributed by atoms with van der Waals surface area (Å²) in [5.74, 6) is -0.412. The number of rotatable bonds is 4. The zero-order chi connectivity index (χ0) is 13.8. The fourth-order valence-corrected chi connectivity index (χ4v) is 1.96. The van der Waals surface area contributed by atoms with Gasteiger partial charge in [0.1, 0.15) is 0 Å². The van der Waals surface area contributed by atoms with Gasteiger partial charge in [0.15, 0.2) is 0 Å². The Balaban J connectivity index is 2.24. The molecule has 0 aliphatic heterocycles.